The van der Waals surface area contributed by atoms with Gasteiger partial charge >= 0.3 is 0 Å². The Hall–Kier alpha value is -2.21. The normalized spacial score (nSPS) is 23.9. The van der Waals surface area contributed by atoms with Crippen LogP contribution < -0.4 is 4.90 Å². The van der Waals surface area contributed by atoms with Gasteiger partial charge in [-0.25, -0.2) is 0 Å². The summed E-state index contributed by atoms with van der Waals surface area (Å²) in [5.74, 6) is 0.176. The van der Waals surface area contributed by atoms with Crippen LogP contribution in [-0.4, -0.2) is 41.3 Å². The third kappa shape index (κ3) is 2.53. The van der Waals surface area contributed by atoms with E-state index < -0.39 is 0 Å². The van der Waals surface area contributed by atoms with Gasteiger partial charge in [0.15, 0.2) is 0 Å². The maximum atomic E-state index is 12.6. The van der Waals surface area contributed by atoms with Crippen molar-refractivity contribution in [2.45, 2.75) is 12.8 Å². The lowest BCUT2D eigenvalue weighted by molar-refractivity contribution is -0.117. The van der Waals surface area contributed by atoms with Gasteiger partial charge in [0, 0.05) is 49.2 Å². The standard InChI is InChI=1S/C17H17N3O2S/c21-15-8-17(12-20(15)14-3-7-23-10-14)4-6-19(11-17)16(22)13-2-1-5-18-9-13/h1-3,5,7,9-10H,4,6,8,11-12H2/t17-/m0/s1. The van der Waals surface area contributed by atoms with Gasteiger partial charge in [-0.2, -0.15) is 11.3 Å². The quantitative estimate of drug-likeness (QED) is 0.851. The second-order valence-corrected chi connectivity index (χ2v) is 7.14. The summed E-state index contributed by atoms with van der Waals surface area (Å²) in [6, 6.07) is 5.54. The van der Waals surface area contributed by atoms with E-state index in [-0.39, 0.29) is 17.2 Å². The van der Waals surface area contributed by atoms with Crippen LogP contribution in [0.4, 0.5) is 5.69 Å². The Morgan fingerprint density at radius 1 is 1.30 bits per heavy atom. The van der Waals surface area contributed by atoms with E-state index in [4.69, 9.17) is 0 Å². The molecular weight excluding hydrogens is 310 g/mol. The SMILES string of the molecule is O=C(c1cccnc1)N1CC[C@]2(CC(=O)N(c3ccsc3)C2)C1. The van der Waals surface area contributed by atoms with Crippen molar-refractivity contribution in [3.05, 3.63) is 46.9 Å². The van der Waals surface area contributed by atoms with Crippen molar-refractivity contribution in [3.63, 3.8) is 0 Å². The Balaban J connectivity index is 1.50. The zero-order valence-electron chi connectivity index (χ0n) is 12.6. The molecule has 2 saturated heterocycles. The highest BCUT2D eigenvalue weighted by Crippen LogP contribution is 2.42. The van der Waals surface area contributed by atoms with Crippen LogP contribution in [0.2, 0.25) is 0 Å². The van der Waals surface area contributed by atoms with Crippen LogP contribution in [0.5, 0.6) is 0 Å². The third-order valence-electron chi connectivity index (χ3n) is 4.77. The van der Waals surface area contributed by atoms with Gasteiger partial charge in [-0.05, 0) is 30.0 Å². The van der Waals surface area contributed by atoms with Crippen LogP contribution in [0.1, 0.15) is 23.2 Å². The summed E-state index contributed by atoms with van der Waals surface area (Å²) in [5, 5.41) is 3.99. The van der Waals surface area contributed by atoms with E-state index in [9.17, 15) is 9.59 Å². The Bertz CT molecular complexity index is 732. The van der Waals surface area contributed by atoms with E-state index in [1.54, 1.807) is 35.9 Å². The van der Waals surface area contributed by atoms with Gasteiger partial charge < -0.3 is 9.80 Å². The summed E-state index contributed by atoms with van der Waals surface area (Å²) in [7, 11) is 0. The highest BCUT2D eigenvalue weighted by molar-refractivity contribution is 7.08. The summed E-state index contributed by atoms with van der Waals surface area (Å²) in [5.41, 5.74) is 1.49. The number of hydrogen-bond acceptors (Lipinski definition) is 4. The molecular formula is C17H17N3O2S. The minimum absolute atomic E-state index is 0.0106. The highest BCUT2D eigenvalue weighted by Gasteiger charge is 2.48. The number of pyridine rings is 1. The number of carbonyl (C=O) groups excluding carboxylic acids is 2. The lowest BCUT2D eigenvalue weighted by atomic mass is 9.86. The molecule has 2 aliphatic heterocycles. The first-order valence-corrected chi connectivity index (χ1v) is 8.63. The number of hydrogen-bond donors (Lipinski definition) is 0. The molecule has 23 heavy (non-hydrogen) atoms. The molecule has 2 amide bonds. The maximum Gasteiger partial charge on any atom is 0.255 e. The monoisotopic (exact) mass is 327 g/mol. The first-order chi connectivity index (χ1) is 11.2. The molecule has 0 bridgehead atoms. The van der Waals surface area contributed by atoms with Crippen molar-refractivity contribution in [2.75, 3.05) is 24.5 Å². The number of nitrogens with zero attached hydrogens (tertiary/aromatic N) is 3. The Morgan fingerprint density at radius 3 is 2.96 bits per heavy atom. The summed E-state index contributed by atoms with van der Waals surface area (Å²) in [6.07, 6.45) is 4.67. The molecule has 4 rings (SSSR count). The van der Waals surface area contributed by atoms with Gasteiger partial charge in [-0.1, -0.05) is 0 Å². The predicted octanol–water partition coefficient (Wildman–Crippen LogP) is 2.41. The smallest absolute Gasteiger partial charge is 0.255 e. The zero-order chi connectivity index (χ0) is 15.9. The van der Waals surface area contributed by atoms with E-state index >= 15 is 0 Å². The second kappa shape index (κ2) is 5.45. The molecule has 0 aromatic carbocycles. The van der Waals surface area contributed by atoms with E-state index in [1.807, 2.05) is 26.6 Å². The highest BCUT2D eigenvalue weighted by atomic mass is 32.1. The molecule has 2 aromatic heterocycles. The minimum atomic E-state index is -0.100. The lowest BCUT2D eigenvalue weighted by Gasteiger charge is -2.23. The summed E-state index contributed by atoms with van der Waals surface area (Å²) in [4.78, 5) is 32.7. The van der Waals surface area contributed by atoms with Crippen molar-refractivity contribution in [1.29, 1.82) is 0 Å². The van der Waals surface area contributed by atoms with Gasteiger partial charge in [0.25, 0.3) is 5.91 Å². The number of carbonyl (C=O) groups is 2. The molecule has 4 heterocycles. The van der Waals surface area contributed by atoms with E-state index in [0.29, 0.717) is 31.6 Å². The molecule has 0 aliphatic carbocycles. The van der Waals surface area contributed by atoms with Gasteiger partial charge in [-0.15, -0.1) is 0 Å². The molecule has 118 valence electrons. The average Bonchev–Trinajstić information content (AvgIpc) is 3.29. The van der Waals surface area contributed by atoms with Crippen molar-refractivity contribution in [1.82, 2.24) is 9.88 Å². The minimum Gasteiger partial charge on any atom is -0.338 e. The molecule has 0 saturated carbocycles. The molecule has 2 fully saturated rings. The van der Waals surface area contributed by atoms with Crippen molar-refractivity contribution in [3.8, 4) is 0 Å². The molecule has 2 aliphatic rings. The fraction of sp³-hybridized carbons (Fsp3) is 0.353. The second-order valence-electron chi connectivity index (χ2n) is 6.36. The first kappa shape index (κ1) is 14.4. The maximum absolute atomic E-state index is 12.6. The van der Waals surface area contributed by atoms with Crippen LogP contribution in [0.15, 0.2) is 41.4 Å². The van der Waals surface area contributed by atoms with E-state index in [2.05, 4.69) is 4.98 Å². The molecule has 5 nitrogen and oxygen atoms in total. The van der Waals surface area contributed by atoms with Gasteiger partial charge in [0.1, 0.15) is 0 Å². The average molecular weight is 327 g/mol. The summed E-state index contributed by atoms with van der Waals surface area (Å²) >= 11 is 1.60. The predicted molar refractivity (Wildman–Crippen MR) is 88.5 cm³/mol. The molecule has 1 atom stereocenters. The van der Waals surface area contributed by atoms with Crippen LogP contribution >= 0.6 is 11.3 Å². The van der Waals surface area contributed by atoms with Crippen LogP contribution in [0, 0.1) is 5.41 Å². The number of aromatic nitrogens is 1. The van der Waals surface area contributed by atoms with Crippen molar-refractivity contribution >= 4 is 28.8 Å². The van der Waals surface area contributed by atoms with Crippen molar-refractivity contribution in [2.24, 2.45) is 5.41 Å². The largest absolute Gasteiger partial charge is 0.338 e. The van der Waals surface area contributed by atoms with Crippen LogP contribution in [0.3, 0.4) is 0 Å². The topological polar surface area (TPSA) is 53.5 Å². The fourth-order valence-corrected chi connectivity index (χ4v) is 4.24. The molecule has 2 aromatic rings. The number of thiophene rings is 1. The summed E-state index contributed by atoms with van der Waals surface area (Å²) < 4.78 is 0. The molecule has 0 N–H and O–H groups in total. The summed E-state index contributed by atoms with van der Waals surface area (Å²) in [6.45, 7) is 2.06. The van der Waals surface area contributed by atoms with Gasteiger partial charge in [0.2, 0.25) is 5.91 Å². The lowest BCUT2D eigenvalue weighted by Crippen LogP contribution is -2.34. The molecule has 6 heteroatoms. The number of rotatable bonds is 2. The zero-order valence-corrected chi connectivity index (χ0v) is 13.5. The first-order valence-electron chi connectivity index (χ1n) is 7.69. The van der Waals surface area contributed by atoms with Crippen molar-refractivity contribution < 1.29 is 9.59 Å². The van der Waals surface area contributed by atoms with E-state index in [0.717, 1.165) is 12.1 Å². The Kier molecular flexibility index (Phi) is 3.41. The number of likely N-dealkylation sites (tertiary alicyclic amines) is 1. The third-order valence-corrected chi connectivity index (χ3v) is 5.44. The van der Waals surface area contributed by atoms with Crippen LogP contribution in [0.25, 0.3) is 0 Å². The van der Waals surface area contributed by atoms with Gasteiger partial charge in [-0.3, -0.25) is 14.6 Å². The van der Waals surface area contributed by atoms with E-state index in [1.165, 1.54) is 0 Å². The van der Waals surface area contributed by atoms with Gasteiger partial charge in [0.05, 0.1) is 11.3 Å². The fourth-order valence-electron chi connectivity index (χ4n) is 3.60. The molecule has 0 radical (unpaired) electrons. The Morgan fingerprint density at radius 2 is 2.22 bits per heavy atom. The number of amides is 2. The molecule has 0 unspecified atom stereocenters. The molecule has 1 spiro atoms. The Labute approximate surface area is 138 Å². The van der Waals surface area contributed by atoms with Crippen LogP contribution in [-0.2, 0) is 4.79 Å². The number of anilines is 1.